The Hall–Kier alpha value is -3.45. The van der Waals surface area contributed by atoms with Crippen molar-refractivity contribution in [1.29, 1.82) is 0 Å². The van der Waals surface area contributed by atoms with Gasteiger partial charge in [-0.2, -0.15) is 18.3 Å². The minimum atomic E-state index is -4.75. The van der Waals surface area contributed by atoms with Gasteiger partial charge in [0.25, 0.3) is 5.91 Å². The second-order valence-corrected chi connectivity index (χ2v) is 8.32. The maximum absolute atomic E-state index is 13.9. The molecule has 0 saturated carbocycles. The molecular formula is C22H23F3N6O3S. The molecule has 35 heavy (non-hydrogen) atoms. The van der Waals surface area contributed by atoms with E-state index in [9.17, 15) is 18.0 Å². The molecule has 1 saturated heterocycles. The molecule has 13 heteroatoms. The van der Waals surface area contributed by atoms with E-state index in [0.29, 0.717) is 34.7 Å². The largest absolute Gasteiger partial charge is 0.493 e. The standard InChI is InChI=1S/C22H23F3N6O3S/c1-29-6-8-30(9-7-29)21(35)28-20(32)14-12-26-31-18(22(23,24)25)11-15(27-19(14)31)13-4-5-16(33-2)17(10-13)34-3/h4-5,10-12H,6-9H2,1-3H3,(H,28,32,35). The molecule has 3 heterocycles. The van der Waals surface area contributed by atoms with Gasteiger partial charge < -0.3 is 19.3 Å². The van der Waals surface area contributed by atoms with E-state index in [1.54, 1.807) is 12.1 Å². The van der Waals surface area contributed by atoms with Crippen molar-refractivity contribution in [3.8, 4) is 22.8 Å². The highest BCUT2D eigenvalue weighted by atomic mass is 32.1. The molecule has 186 valence electrons. The Morgan fingerprint density at radius 1 is 1.09 bits per heavy atom. The van der Waals surface area contributed by atoms with Crippen LogP contribution in [0.2, 0.25) is 0 Å². The monoisotopic (exact) mass is 508 g/mol. The lowest BCUT2D eigenvalue weighted by molar-refractivity contribution is -0.142. The predicted octanol–water partition coefficient (Wildman–Crippen LogP) is 2.69. The van der Waals surface area contributed by atoms with Gasteiger partial charge in [0.15, 0.2) is 28.0 Å². The fraction of sp³-hybridized carbons (Fsp3) is 0.364. The van der Waals surface area contributed by atoms with Gasteiger partial charge in [-0.1, -0.05) is 0 Å². The van der Waals surface area contributed by atoms with Crippen LogP contribution >= 0.6 is 12.2 Å². The van der Waals surface area contributed by atoms with Gasteiger partial charge in [0, 0.05) is 31.7 Å². The average Bonchev–Trinajstić information content (AvgIpc) is 3.26. The third-order valence-corrected chi connectivity index (χ3v) is 6.06. The van der Waals surface area contributed by atoms with Crippen LogP contribution in [0.3, 0.4) is 0 Å². The number of benzene rings is 1. The van der Waals surface area contributed by atoms with Gasteiger partial charge in [0.1, 0.15) is 5.56 Å². The summed E-state index contributed by atoms with van der Waals surface area (Å²) in [6, 6.07) is 5.50. The second kappa shape index (κ2) is 9.66. The Morgan fingerprint density at radius 2 is 1.77 bits per heavy atom. The topological polar surface area (TPSA) is 84.2 Å². The zero-order valence-corrected chi connectivity index (χ0v) is 20.0. The lowest BCUT2D eigenvalue weighted by atomic mass is 10.1. The van der Waals surface area contributed by atoms with Crippen LogP contribution in [-0.4, -0.2) is 82.9 Å². The number of fused-ring (bicyclic) bond motifs is 1. The van der Waals surface area contributed by atoms with Crippen molar-refractivity contribution in [3.05, 3.63) is 41.7 Å². The maximum Gasteiger partial charge on any atom is 0.433 e. The van der Waals surface area contributed by atoms with Crippen LogP contribution in [0.4, 0.5) is 13.2 Å². The van der Waals surface area contributed by atoms with Crippen molar-refractivity contribution < 1.29 is 27.4 Å². The van der Waals surface area contributed by atoms with Crippen LogP contribution in [-0.2, 0) is 6.18 Å². The Morgan fingerprint density at radius 3 is 2.40 bits per heavy atom. The number of nitrogens with zero attached hydrogens (tertiary/aromatic N) is 5. The molecule has 0 spiro atoms. The number of alkyl halides is 3. The predicted molar refractivity (Wildman–Crippen MR) is 126 cm³/mol. The number of methoxy groups -OCH3 is 2. The Labute approximate surface area is 204 Å². The van der Waals surface area contributed by atoms with Crippen LogP contribution in [0.25, 0.3) is 16.9 Å². The summed E-state index contributed by atoms with van der Waals surface area (Å²) in [6.07, 6.45) is -3.70. The highest BCUT2D eigenvalue weighted by molar-refractivity contribution is 7.80. The third kappa shape index (κ3) is 5.00. The molecule has 1 amide bonds. The van der Waals surface area contributed by atoms with Gasteiger partial charge in [0.2, 0.25) is 0 Å². The Bertz CT molecular complexity index is 1270. The first-order chi connectivity index (χ1) is 16.6. The van der Waals surface area contributed by atoms with E-state index in [4.69, 9.17) is 21.7 Å². The van der Waals surface area contributed by atoms with E-state index in [1.807, 2.05) is 11.9 Å². The molecule has 2 aromatic heterocycles. The summed E-state index contributed by atoms with van der Waals surface area (Å²) in [5.74, 6) is 0.0495. The average molecular weight is 509 g/mol. The molecule has 1 aromatic carbocycles. The highest BCUT2D eigenvalue weighted by Crippen LogP contribution is 2.35. The number of thiocarbonyl (C=S) groups is 1. The van der Waals surface area contributed by atoms with E-state index in [1.165, 1.54) is 20.3 Å². The number of aromatic nitrogens is 3. The molecule has 1 fully saturated rings. The number of hydrogen-bond donors (Lipinski definition) is 1. The van der Waals surface area contributed by atoms with E-state index in [0.717, 1.165) is 25.4 Å². The van der Waals surface area contributed by atoms with Crippen molar-refractivity contribution >= 4 is 28.9 Å². The van der Waals surface area contributed by atoms with Gasteiger partial charge in [-0.25, -0.2) is 9.50 Å². The number of nitrogens with one attached hydrogen (secondary N) is 1. The van der Waals surface area contributed by atoms with Gasteiger partial charge in [0.05, 0.1) is 26.1 Å². The van der Waals surface area contributed by atoms with Crippen LogP contribution < -0.4 is 14.8 Å². The van der Waals surface area contributed by atoms with Gasteiger partial charge in [-0.3, -0.25) is 10.1 Å². The number of ether oxygens (including phenoxy) is 2. The van der Waals surface area contributed by atoms with Gasteiger partial charge in [-0.15, -0.1) is 0 Å². The normalized spacial score (nSPS) is 14.7. The van der Waals surface area contributed by atoms with E-state index in [2.05, 4.69) is 20.3 Å². The summed E-state index contributed by atoms with van der Waals surface area (Å²) in [5.41, 5.74) is -1.12. The number of rotatable bonds is 4. The van der Waals surface area contributed by atoms with E-state index < -0.39 is 17.8 Å². The summed E-state index contributed by atoms with van der Waals surface area (Å²) in [4.78, 5) is 21.3. The van der Waals surface area contributed by atoms with Crippen molar-refractivity contribution in [2.45, 2.75) is 6.18 Å². The number of hydrogen-bond acceptors (Lipinski definition) is 7. The van der Waals surface area contributed by atoms with Crippen molar-refractivity contribution in [2.75, 3.05) is 47.4 Å². The Balaban J connectivity index is 1.73. The molecule has 0 unspecified atom stereocenters. The minimum absolute atomic E-state index is 0.0121. The number of piperazine rings is 1. The van der Waals surface area contributed by atoms with E-state index in [-0.39, 0.29) is 22.0 Å². The molecule has 1 N–H and O–H groups in total. The number of amides is 1. The van der Waals surface area contributed by atoms with Crippen LogP contribution in [0, 0.1) is 0 Å². The molecule has 1 aliphatic rings. The van der Waals surface area contributed by atoms with Crippen molar-refractivity contribution in [1.82, 2.24) is 29.7 Å². The number of carbonyl (C=O) groups excluding carboxylic acids is 1. The molecule has 3 aromatic rings. The first-order valence-electron chi connectivity index (χ1n) is 10.6. The zero-order chi connectivity index (χ0) is 25.3. The lowest BCUT2D eigenvalue weighted by Crippen LogP contribution is -2.51. The molecule has 4 rings (SSSR count). The molecule has 0 aliphatic carbocycles. The van der Waals surface area contributed by atoms with Gasteiger partial charge in [-0.05, 0) is 43.5 Å². The van der Waals surface area contributed by atoms with Crippen LogP contribution in [0.5, 0.6) is 11.5 Å². The number of likely N-dealkylation sites (N-methyl/N-ethyl adjacent to an activating group) is 1. The Kier molecular flexibility index (Phi) is 6.81. The summed E-state index contributed by atoms with van der Waals surface area (Å²) in [5, 5.41) is 6.60. The first kappa shape index (κ1) is 24.7. The van der Waals surface area contributed by atoms with E-state index >= 15 is 0 Å². The fourth-order valence-electron chi connectivity index (χ4n) is 3.72. The van der Waals surface area contributed by atoms with Crippen molar-refractivity contribution in [3.63, 3.8) is 0 Å². The molecular weight excluding hydrogens is 485 g/mol. The summed E-state index contributed by atoms with van der Waals surface area (Å²) < 4.78 is 52.8. The number of carbonyl (C=O) groups is 1. The van der Waals surface area contributed by atoms with Gasteiger partial charge >= 0.3 is 6.18 Å². The van der Waals surface area contributed by atoms with Crippen LogP contribution in [0.1, 0.15) is 16.1 Å². The smallest absolute Gasteiger partial charge is 0.433 e. The molecule has 1 aliphatic heterocycles. The summed E-state index contributed by atoms with van der Waals surface area (Å²) in [6.45, 7) is 2.81. The fourth-order valence-corrected chi connectivity index (χ4v) is 4.00. The lowest BCUT2D eigenvalue weighted by Gasteiger charge is -2.33. The minimum Gasteiger partial charge on any atom is -0.493 e. The molecule has 9 nitrogen and oxygen atoms in total. The SMILES string of the molecule is COc1ccc(-c2cc(C(F)(F)F)n3ncc(C(=O)NC(=S)N4CCN(C)CC4)c3n2)cc1OC. The van der Waals surface area contributed by atoms with Crippen LogP contribution in [0.15, 0.2) is 30.5 Å². The van der Waals surface area contributed by atoms with Crippen molar-refractivity contribution in [2.24, 2.45) is 0 Å². The third-order valence-electron chi connectivity index (χ3n) is 5.70. The highest BCUT2D eigenvalue weighted by Gasteiger charge is 2.36. The quantitative estimate of drug-likeness (QED) is 0.539. The molecule has 0 bridgehead atoms. The first-order valence-corrected chi connectivity index (χ1v) is 11.0. The summed E-state index contributed by atoms with van der Waals surface area (Å²) in [7, 11) is 4.85. The maximum atomic E-state index is 13.9. The summed E-state index contributed by atoms with van der Waals surface area (Å²) >= 11 is 5.35. The second-order valence-electron chi connectivity index (χ2n) is 7.94. The zero-order valence-electron chi connectivity index (χ0n) is 19.2. The molecule has 0 radical (unpaired) electrons. The molecule has 0 atom stereocenters. The number of halogens is 3.